The molecule has 12 heavy (non-hydrogen) atoms. The van der Waals surface area contributed by atoms with Crippen molar-refractivity contribution in [1.82, 2.24) is 5.32 Å². The van der Waals surface area contributed by atoms with Crippen LogP contribution in [0.2, 0.25) is 0 Å². The molecular formula is C8H15NO2S. The minimum absolute atomic E-state index is 0.608. The number of carboxylic acids is 1. The van der Waals surface area contributed by atoms with Crippen LogP contribution in [-0.2, 0) is 4.79 Å². The van der Waals surface area contributed by atoms with Crippen LogP contribution in [0.25, 0.3) is 0 Å². The number of hydrogen-bond acceptors (Lipinski definition) is 3. The van der Waals surface area contributed by atoms with Crippen molar-refractivity contribution in [2.75, 3.05) is 18.6 Å². The second kappa shape index (κ2) is 4.14. The zero-order valence-electron chi connectivity index (χ0n) is 7.30. The van der Waals surface area contributed by atoms with Crippen molar-refractivity contribution in [1.29, 1.82) is 0 Å². The van der Waals surface area contributed by atoms with E-state index in [1.165, 1.54) is 0 Å². The van der Waals surface area contributed by atoms with Crippen LogP contribution in [0.3, 0.4) is 0 Å². The maximum Gasteiger partial charge on any atom is 0.323 e. The normalized spacial score (nSPS) is 29.1. The number of carbonyl (C=O) groups is 1. The Morgan fingerprint density at radius 1 is 1.75 bits per heavy atom. The molecule has 4 heteroatoms. The lowest BCUT2D eigenvalue weighted by atomic mass is 9.95. The molecule has 0 aromatic heterocycles. The maximum atomic E-state index is 11.0. The molecule has 70 valence electrons. The zero-order chi connectivity index (χ0) is 9.03. The summed E-state index contributed by atoms with van der Waals surface area (Å²) in [5.74, 6) is 0.230. The average Bonchev–Trinajstić information content (AvgIpc) is 2.50. The molecule has 0 bridgehead atoms. The summed E-state index contributed by atoms with van der Waals surface area (Å²) < 4.78 is 0. The lowest BCUT2D eigenvalue weighted by molar-refractivity contribution is -0.144. The van der Waals surface area contributed by atoms with Gasteiger partial charge >= 0.3 is 5.97 Å². The highest BCUT2D eigenvalue weighted by atomic mass is 32.2. The predicted molar refractivity (Wildman–Crippen MR) is 50.6 cm³/mol. The fourth-order valence-corrected chi connectivity index (χ4v) is 2.14. The van der Waals surface area contributed by atoms with Crippen molar-refractivity contribution < 1.29 is 9.90 Å². The third kappa shape index (κ3) is 1.93. The van der Waals surface area contributed by atoms with E-state index in [4.69, 9.17) is 5.11 Å². The molecule has 0 aliphatic carbocycles. The molecule has 0 amide bonds. The van der Waals surface area contributed by atoms with Gasteiger partial charge in [-0.2, -0.15) is 11.8 Å². The third-order valence-electron chi connectivity index (χ3n) is 2.39. The summed E-state index contributed by atoms with van der Waals surface area (Å²) in [4.78, 5) is 11.0. The second-order valence-electron chi connectivity index (χ2n) is 3.16. The fourth-order valence-electron chi connectivity index (χ4n) is 1.59. The van der Waals surface area contributed by atoms with E-state index in [9.17, 15) is 4.79 Å². The van der Waals surface area contributed by atoms with Crippen molar-refractivity contribution in [2.45, 2.75) is 24.8 Å². The zero-order valence-corrected chi connectivity index (χ0v) is 8.12. The number of aliphatic carboxylic acids is 1. The van der Waals surface area contributed by atoms with Crippen LogP contribution in [0.15, 0.2) is 0 Å². The van der Waals surface area contributed by atoms with E-state index in [2.05, 4.69) is 5.32 Å². The minimum Gasteiger partial charge on any atom is -0.480 e. The first kappa shape index (κ1) is 9.86. The minimum atomic E-state index is -0.686. The molecule has 1 rings (SSSR count). The van der Waals surface area contributed by atoms with Crippen LogP contribution in [0, 0.1) is 0 Å². The van der Waals surface area contributed by atoms with Gasteiger partial charge in [0.1, 0.15) is 5.54 Å². The SMILES string of the molecule is CSCC[C@]1(C(=O)O)CCCN1. The molecule has 0 saturated carbocycles. The lowest BCUT2D eigenvalue weighted by Gasteiger charge is -2.23. The molecule has 0 aromatic carbocycles. The molecule has 1 heterocycles. The Morgan fingerprint density at radius 3 is 2.92 bits per heavy atom. The molecule has 1 aliphatic heterocycles. The van der Waals surface area contributed by atoms with Crippen molar-refractivity contribution in [2.24, 2.45) is 0 Å². The van der Waals surface area contributed by atoms with E-state index in [0.717, 1.165) is 31.6 Å². The molecule has 0 aromatic rings. The number of nitrogens with one attached hydrogen (secondary N) is 1. The summed E-state index contributed by atoms with van der Waals surface area (Å²) in [5.41, 5.74) is -0.608. The summed E-state index contributed by atoms with van der Waals surface area (Å²) in [6, 6.07) is 0. The third-order valence-corrected chi connectivity index (χ3v) is 3.00. The Bertz CT molecular complexity index is 166. The van der Waals surface area contributed by atoms with Gasteiger partial charge in [0, 0.05) is 0 Å². The molecule has 0 unspecified atom stereocenters. The molecular weight excluding hydrogens is 174 g/mol. The smallest absolute Gasteiger partial charge is 0.323 e. The Morgan fingerprint density at radius 2 is 2.50 bits per heavy atom. The van der Waals surface area contributed by atoms with Crippen LogP contribution >= 0.6 is 11.8 Å². The van der Waals surface area contributed by atoms with Gasteiger partial charge in [-0.05, 0) is 37.8 Å². The van der Waals surface area contributed by atoms with Crippen molar-refractivity contribution in [3.63, 3.8) is 0 Å². The Kier molecular flexibility index (Phi) is 3.40. The van der Waals surface area contributed by atoms with E-state index in [0.29, 0.717) is 0 Å². The van der Waals surface area contributed by atoms with Crippen LogP contribution in [0.5, 0.6) is 0 Å². The molecule has 1 aliphatic rings. The quantitative estimate of drug-likeness (QED) is 0.691. The van der Waals surface area contributed by atoms with Crippen LogP contribution in [0.1, 0.15) is 19.3 Å². The highest BCUT2D eigenvalue weighted by Gasteiger charge is 2.40. The lowest BCUT2D eigenvalue weighted by Crippen LogP contribution is -2.47. The second-order valence-corrected chi connectivity index (χ2v) is 4.15. The van der Waals surface area contributed by atoms with E-state index in [1.54, 1.807) is 11.8 Å². The monoisotopic (exact) mass is 189 g/mol. The van der Waals surface area contributed by atoms with E-state index < -0.39 is 11.5 Å². The Balaban J connectivity index is 2.53. The number of carboxylic acid groups (broad SMARTS) is 1. The average molecular weight is 189 g/mol. The number of rotatable bonds is 4. The van der Waals surface area contributed by atoms with Gasteiger partial charge in [0.25, 0.3) is 0 Å². The largest absolute Gasteiger partial charge is 0.480 e. The maximum absolute atomic E-state index is 11.0. The highest BCUT2D eigenvalue weighted by molar-refractivity contribution is 7.98. The van der Waals surface area contributed by atoms with E-state index in [-0.39, 0.29) is 0 Å². The van der Waals surface area contributed by atoms with Crippen molar-refractivity contribution in [3.8, 4) is 0 Å². The molecule has 1 saturated heterocycles. The molecule has 0 radical (unpaired) electrons. The number of hydrogen-bond donors (Lipinski definition) is 2. The summed E-state index contributed by atoms with van der Waals surface area (Å²) >= 11 is 1.70. The summed E-state index contributed by atoms with van der Waals surface area (Å²) in [6.07, 6.45) is 4.51. The summed E-state index contributed by atoms with van der Waals surface area (Å²) in [7, 11) is 0. The van der Waals surface area contributed by atoms with Gasteiger partial charge in [0.05, 0.1) is 0 Å². The first-order chi connectivity index (χ1) is 5.71. The first-order valence-electron chi connectivity index (χ1n) is 4.19. The summed E-state index contributed by atoms with van der Waals surface area (Å²) in [5, 5.41) is 12.1. The predicted octanol–water partition coefficient (Wildman–Crippen LogP) is 0.946. The summed E-state index contributed by atoms with van der Waals surface area (Å²) in [6.45, 7) is 0.848. The van der Waals surface area contributed by atoms with Crippen molar-refractivity contribution >= 4 is 17.7 Å². The van der Waals surface area contributed by atoms with Gasteiger partial charge in [-0.1, -0.05) is 0 Å². The van der Waals surface area contributed by atoms with Gasteiger partial charge in [-0.15, -0.1) is 0 Å². The molecule has 3 nitrogen and oxygen atoms in total. The molecule has 0 spiro atoms. The first-order valence-corrected chi connectivity index (χ1v) is 5.58. The Hall–Kier alpha value is -0.220. The Labute approximate surface area is 76.9 Å². The van der Waals surface area contributed by atoms with Crippen LogP contribution < -0.4 is 5.32 Å². The number of thioether (sulfide) groups is 1. The van der Waals surface area contributed by atoms with Gasteiger partial charge in [0.2, 0.25) is 0 Å². The van der Waals surface area contributed by atoms with Crippen LogP contribution in [-0.4, -0.2) is 35.2 Å². The van der Waals surface area contributed by atoms with Gasteiger partial charge < -0.3 is 10.4 Å². The topological polar surface area (TPSA) is 49.3 Å². The van der Waals surface area contributed by atoms with Gasteiger partial charge in [-0.3, -0.25) is 4.79 Å². The molecule has 2 N–H and O–H groups in total. The highest BCUT2D eigenvalue weighted by Crippen LogP contribution is 2.24. The molecule has 1 fully saturated rings. The van der Waals surface area contributed by atoms with Crippen LogP contribution in [0.4, 0.5) is 0 Å². The van der Waals surface area contributed by atoms with Gasteiger partial charge in [-0.25, -0.2) is 0 Å². The van der Waals surface area contributed by atoms with Gasteiger partial charge in [0.15, 0.2) is 0 Å². The van der Waals surface area contributed by atoms with Crippen molar-refractivity contribution in [3.05, 3.63) is 0 Å². The molecule has 1 atom stereocenters. The van der Waals surface area contributed by atoms with E-state index >= 15 is 0 Å². The standard InChI is InChI=1S/C8H15NO2S/c1-12-6-4-8(7(10)11)3-2-5-9-8/h9H,2-6H2,1H3,(H,10,11)/t8-/m0/s1. The fraction of sp³-hybridized carbons (Fsp3) is 0.875. The van der Waals surface area contributed by atoms with E-state index in [1.807, 2.05) is 6.26 Å².